The quantitative estimate of drug-likeness (QED) is 0.639. The van der Waals surface area contributed by atoms with Crippen molar-refractivity contribution < 1.29 is 10.0 Å². The van der Waals surface area contributed by atoms with Crippen LogP contribution in [0.2, 0.25) is 0 Å². The second-order valence-corrected chi connectivity index (χ2v) is 5.10. The molecule has 20 heavy (non-hydrogen) atoms. The lowest BCUT2D eigenvalue weighted by Gasteiger charge is -2.37. The smallest absolute Gasteiger partial charge is 0.273 e. The molecule has 110 valence electrons. The maximum absolute atomic E-state index is 11.0. The Morgan fingerprint density at radius 2 is 2.25 bits per heavy atom. The van der Waals surface area contributed by atoms with Crippen LogP contribution in [-0.2, 0) is 0 Å². The van der Waals surface area contributed by atoms with Crippen molar-refractivity contribution >= 4 is 17.1 Å². The molecule has 0 bridgehead atoms. The summed E-state index contributed by atoms with van der Waals surface area (Å²) in [5.74, 6) is 0. The molecular formula is C14H21N3O3. The van der Waals surface area contributed by atoms with Crippen molar-refractivity contribution in [3.05, 3.63) is 28.3 Å². The standard InChI is InChI=1S/C14H21N3O3/c1-15-11-8-13(10-14(9-11)17(19)20)16-6-3-2-4-12(16)5-7-18/h8-10,12,15,18H,2-7H2,1H3. The molecule has 1 saturated heterocycles. The second kappa shape index (κ2) is 6.56. The maximum Gasteiger partial charge on any atom is 0.273 e. The normalized spacial score (nSPS) is 18.9. The Kier molecular flexibility index (Phi) is 4.79. The fraction of sp³-hybridized carbons (Fsp3) is 0.571. The molecule has 0 radical (unpaired) electrons. The van der Waals surface area contributed by atoms with Gasteiger partial charge in [-0.15, -0.1) is 0 Å². The van der Waals surface area contributed by atoms with Crippen LogP contribution in [0.5, 0.6) is 0 Å². The number of hydrogen-bond acceptors (Lipinski definition) is 5. The first-order valence-electron chi connectivity index (χ1n) is 7.00. The summed E-state index contributed by atoms with van der Waals surface area (Å²) < 4.78 is 0. The van der Waals surface area contributed by atoms with Crippen LogP contribution in [0.1, 0.15) is 25.7 Å². The third-order valence-electron chi connectivity index (χ3n) is 3.82. The Bertz CT molecular complexity index is 477. The fourth-order valence-corrected chi connectivity index (χ4v) is 2.80. The van der Waals surface area contributed by atoms with Crippen LogP contribution in [-0.4, -0.2) is 36.3 Å². The van der Waals surface area contributed by atoms with Gasteiger partial charge in [-0.05, 0) is 31.7 Å². The topological polar surface area (TPSA) is 78.6 Å². The van der Waals surface area contributed by atoms with Crippen LogP contribution in [0.3, 0.4) is 0 Å². The number of nitro groups is 1. The molecule has 0 aromatic heterocycles. The van der Waals surface area contributed by atoms with Gasteiger partial charge >= 0.3 is 0 Å². The predicted molar refractivity (Wildman–Crippen MR) is 79.3 cm³/mol. The molecular weight excluding hydrogens is 258 g/mol. The Morgan fingerprint density at radius 3 is 2.90 bits per heavy atom. The maximum atomic E-state index is 11.0. The zero-order chi connectivity index (χ0) is 14.5. The van der Waals surface area contributed by atoms with E-state index >= 15 is 0 Å². The van der Waals surface area contributed by atoms with Crippen molar-refractivity contribution in [3.8, 4) is 0 Å². The van der Waals surface area contributed by atoms with E-state index in [9.17, 15) is 15.2 Å². The number of non-ortho nitro benzene ring substituents is 1. The van der Waals surface area contributed by atoms with Gasteiger partial charge in [0.25, 0.3) is 5.69 Å². The number of rotatable bonds is 5. The number of aliphatic hydroxyl groups is 1. The number of nitrogens with one attached hydrogen (secondary N) is 1. The van der Waals surface area contributed by atoms with Crippen LogP contribution in [0.4, 0.5) is 17.1 Å². The number of piperidine rings is 1. The highest BCUT2D eigenvalue weighted by Gasteiger charge is 2.24. The number of nitro benzene ring substituents is 1. The van der Waals surface area contributed by atoms with E-state index in [1.807, 2.05) is 6.07 Å². The number of hydrogen-bond donors (Lipinski definition) is 2. The molecule has 6 nitrogen and oxygen atoms in total. The Balaban J connectivity index is 2.33. The average Bonchev–Trinajstić information content (AvgIpc) is 2.47. The molecule has 1 unspecified atom stereocenters. The van der Waals surface area contributed by atoms with Crippen LogP contribution in [0, 0.1) is 10.1 Å². The molecule has 0 saturated carbocycles. The third-order valence-corrected chi connectivity index (χ3v) is 3.82. The minimum absolute atomic E-state index is 0.0974. The monoisotopic (exact) mass is 279 g/mol. The van der Waals surface area contributed by atoms with Crippen molar-refractivity contribution in [2.24, 2.45) is 0 Å². The minimum atomic E-state index is -0.366. The van der Waals surface area contributed by atoms with Crippen molar-refractivity contribution in [2.75, 3.05) is 30.4 Å². The summed E-state index contributed by atoms with van der Waals surface area (Å²) in [6.45, 7) is 1.03. The number of aliphatic hydroxyl groups excluding tert-OH is 1. The third kappa shape index (κ3) is 3.19. The van der Waals surface area contributed by atoms with Crippen LogP contribution in [0.15, 0.2) is 18.2 Å². The molecule has 1 aliphatic rings. The van der Waals surface area contributed by atoms with Gasteiger partial charge in [-0.1, -0.05) is 0 Å². The van der Waals surface area contributed by atoms with Gasteiger partial charge < -0.3 is 15.3 Å². The highest BCUT2D eigenvalue weighted by atomic mass is 16.6. The molecule has 6 heteroatoms. The minimum Gasteiger partial charge on any atom is -0.396 e. The van der Waals surface area contributed by atoms with E-state index in [-0.39, 0.29) is 23.3 Å². The lowest BCUT2D eigenvalue weighted by molar-refractivity contribution is -0.384. The molecule has 0 spiro atoms. The highest BCUT2D eigenvalue weighted by molar-refractivity contribution is 5.64. The molecule has 0 aliphatic carbocycles. The Labute approximate surface area is 118 Å². The molecule has 1 fully saturated rings. The number of nitrogens with zero attached hydrogens (tertiary/aromatic N) is 2. The van der Waals surface area contributed by atoms with Gasteiger partial charge in [0.15, 0.2) is 0 Å². The zero-order valence-corrected chi connectivity index (χ0v) is 11.7. The summed E-state index contributed by atoms with van der Waals surface area (Å²) in [6, 6.07) is 5.36. The molecule has 1 aromatic carbocycles. The van der Waals surface area contributed by atoms with E-state index in [1.165, 1.54) is 6.07 Å². The summed E-state index contributed by atoms with van der Waals surface area (Å²) in [5, 5.41) is 23.2. The van der Waals surface area contributed by atoms with Gasteiger partial charge in [0.1, 0.15) is 0 Å². The largest absolute Gasteiger partial charge is 0.396 e. The summed E-state index contributed by atoms with van der Waals surface area (Å²) in [4.78, 5) is 12.9. The molecule has 2 N–H and O–H groups in total. The lowest BCUT2D eigenvalue weighted by atomic mass is 9.98. The SMILES string of the molecule is CNc1cc(N2CCCCC2CCO)cc([N+](=O)[O-])c1. The first kappa shape index (κ1) is 14.6. The van der Waals surface area contributed by atoms with Gasteiger partial charge in [-0.25, -0.2) is 0 Å². The van der Waals surface area contributed by atoms with Crippen LogP contribution in [0.25, 0.3) is 0 Å². The van der Waals surface area contributed by atoms with E-state index in [0.717, 1.165) is 37.2 Å². The first-order chi connectivity index (χ1) is 9.65. The fourth-order valence-electron chi connectivity index (χ4n) is 2.80. The van der Waals surface area contributed by atoms with E-state index in [4.69, 9.17) is 0 Å². The molecule has 1 heterocycles. The number of benzene rings is 1. The van der Waals surface area contributed by atoms with Gasteiger partial charge in [-0.3, -0.25) is 10.1 Å². The van der Waals surface area contributed by atoms with Gasteiger partial charge in [-0.2, -0.15) is 0 Å². The highest BCUT2D eigenvalue weighted by Crippen LogP contribution is 2.32. The van der Waals surface area contributed by atoms with Crippen molar-refractivity contribution in [2.45, 2.75) is 31.7 Å². The zero-order valence-electron chi connectivity index (χ0n) is 11.7. The molecule has 2 rings (SSSR count). The van der Waals surface area contributed by atoms with E-state index in [0.29, 0.717) is 6.42 Å². The van der Waals surface area contributed by atoms with E-state index in [2.05, 4.69) is 10.2 Å². The lowest BCUT2D eigenvalue weighted by Crippen LogP contribution is -2.40. The van der Waals surface area contributed by atoms with E-state index in [1.54, 1.807) is 13.1 Å². The van der Waals surface area contributed by atoms with Gasteiger partial charge in [0.05, 0.1) is 4.92 Å². The van der Waals surface area contributed by atoms with Crippen LogP contribution >= 0.6 is 0 Å². The van der Waals surface area contributed by atoms with Crippen molar-refractivity contribution in [3.63, 3.8) is 0 Å². The Morgan fingerprint density at radius 1 is 1.45 bits per heavy atom. The van der Waals surface area contributed by atoms with E-state index < -0.39 is 0 Å². The molecule has 1 aliphatic heterocycles. The van der Waals surface area contributed by atoms with Crippen molar-refractivity contribution in [1.29, 1.82) is 0 Å². The Hall–Kier alpha value is -1.82. The second-order valence-electron chi connectivity index (χ2n) is 5.10. The molecule has 1 atom stereocenters. The van der Waals surface area contributed by atoms with Crippen LogP contribution < -0.4 is 10.2 Å². The number of anilines is 2. The summed E-state index contributed by atoms with van der Waals surface area (Å²) in [6.07, 6.45) is 3.96. The molecule has 1 aromatic rings. The predicted octanol–water partition coefficient (Wildman–Crippen LogP) is 2.38. The van der Waals surface area contributed by atoms with Gasteiger partial charge in [0.2, 0.25) is 0 Å². The summed E-state index contributed by atoms with van der Waals surface area (Å²) in [7, 11) is 1.75. The summed E-state index contributed by atoms with van der Waals surface area (Å²) in [5.41, 5.74) is 1.70. The molecule has 0 amide bonds. The van der Waals surface area contributed by atoms with Gasteiger partial charge in [0, 0.05) is 49.7 Å². The van der Waals surface area contributed by atoms with Crippen molar-refractivity contribution in [1.82, 2.24) is 0 Å². The average molecular weight is 279 g/mol. The summed E-state index contributed by atoms with van der Waals surface area (Å²) >= 11 is 0. The first-order valence-corrected chi connectivity index (χ1v) is 7.00.